The molecule has 1 aromatic rings. The minimum Gasteiger partial charge on any atom is -0.382 e. The molecule has 0 saturated carbocycles. The zero-order chi connectivity index (χ0) is 13.8. The number of nitrogens with zero attached hydrogens (tertiary/aromatic N) is 2. The number of hydrogen-bond donors (Lipinski definition) is 2. The quantitative estimate of drug-likeness (QED) is 0.879. The Kier molecular flexibility index (Phi) is 4.61. The molecule has 1 amide bonds. The number of amides is 1. The standard InChI is InChI=1S/C13H19ClN4O/c1-18-4-2-9(3-5-18)7-17-13(19)10-6-11(14)12(15)16-8-10/h6,8-9H,2-5,7H2,1H3,(H2,15,16)(H,17,19). The van der Waals surface area contributed by atoms with Crippen LogP contribution in [-0.2, 0) is 0 Å². The number of anilines is 1. The van der Waals surface area contributed by atoms with Gasteiger partial charge in [-0.2, -0.15) is 0 Å². The molecule has 0 aromatic carbocycles. The van der Waals surface area contributed by atoms with E-state index in [1.165, 1.54) is 6.20 Å². The number of nitrogens with two attached hydrogens (primary N) is 1. The highest BCUT2D eigenvalue weighted by Crippen LogP contribution is 2.17. The molecule has 0 atom stereocenters. The molecule has 2 heterocycles. The zero-order valence-electron chi connectivity index (χ0n) is 11.0. The molecule has 0 radical (unpaired) electrons. The summed E-state index contributed by atoms with van der Waals surface area (Å²) in [6.07, 6.45) is 3.69. The molecule has 6 heteroatoms. The van der Waals surface area contributed by atoms with Crippen molar-refractivity contribution >= 4 is 23.3 Å². The average Bonchev–Trinajstić information content (AvgIpc) is 2.41. The lowest BCUT2D eigenvalue weighted by atomic mass is 9.97. The van der Waals surface area contributed by atoms with Crippen molar-refractivity contribution in [3.05, 3.63) is 22.8 Å². The van der Waals surface area contributed by atoms with Gasteiger partial charge in [0.15, 0.2) is 0 Å². The molecule has 1 aromatic heterocycles. The molecule has 0 bridgehead atoms. The van der Waals surface area contributed by atoms with Gasteiger partial charge in [-0.05, 0) is 45.0 Å². The van der Waals surface area contributed by atoms with Crippen molar-refractivity contribution in [2.45, 2.75) is 12.8 Å². The van der Waals surface area contributed by atoms with Crippen LogP contribution in [0.4, 0.5) is 5.82 Å². The Bertz CT molecular complexity index is 458. The van der Waals surface area contributed by atoms with Gasteiger partial charge in [-0.3, -0.25) is 4.79 Å². The van der Waals surface area contributed by atoms with Gasteiger partial charge in [0.05, 0.1) is 10.6 Å². The van der Waals surface area contributed by atoms with Crippen LogP contribution in [0.1, 0.15) is 23.2 Å². The highest BCUT2D eigenvalue weighted by Gasteiger charge is 2.17. The summed E-state index contributed by atoms with van der Waals surface area (Å²) in [7, 11) is 2.12. The molecule has 0 unspecified atom stereocenters. The number of pyridine rings is 1. The summed E-state index contributed by atoms with van der Waals surface area (Å²) in [6, 6.07) is 1.55. The fourth-order valence-corrected chi connectivity index (χ4v) is 2.34. The first-order chi connectivity index (χ1) is 9.06. The largest absolute Gasteiger partial charge is 0.382 e. The second-order valence-electron chi connectivity index (χ2n) is 5.05. The van der Waals surface area contributed by atoms with E-state index in [2.05, 4.69) is 22.2 Å². The Balaban J connectivity index is 1.85. The van der Waals surface area contributed by atoms with Crippen LogP contribution < -0.4 is 11.1 Å². The van der Waals surface area contributed by atoms with Gasteiger partial charge in [-0.25, -0.2) is 4.98 Å². The summed E-state index contributed by atoms with van der Waals surface area (Å²) in [4.78, 5) is 18.1. The topological polar surface area (TPSA) is 71.2 Å². The second-order valence-corrected chi connectivity index (χ2v) is 5.45. The predicted molar refractivity (Wildman–Crippen MR) is 76.2 cm³/mol. The van der Waals surface area contributed by atoms with Gasteiger partial charge in [0.25, 0.3) is 5.91 Å². The third-order valence-corrected chi connectivity index (χ3v) is 3.82. The Morgan fingerprint density at radius 3 is 2.89 bits per heavy atom. The summed E-state index contributed by atoms with van der Waals surface area (Å²) >= 11 is 5.85. The SMILES string of the molecule is CN1CCC(CNC(=O)c2cnc(N)c(Cl)c2)CC1. The van der Waals surface area contributed by atoms with Crippen molar-refractivity contribution in [3.63, 3.8) is 0 Å². The summed E-state index contributed by atoms with van der Waals surface area (Å²) in [5.41, 5.74) is 5.96. The number of carbonyl (C=O) groups excluding carboxylic acids is 1. The average molecular weight is 283 g/mol. The van der Waals surface area contributed by atoms with Crippen LogP contribution in [-0.4, -0.2) is 42.5 Å². The smallest absolute Gasteiger partial charge is 0.252 e. The van der Waals surface area contributed by atoms with Crippen LogP contribution in [0.2, 0.25) is 5.02 Å². The van der Waals surface area contributed by atoms with E-state index in [-0.39, 0.29) is 11.7 Å². The maximum Gasteiger partial charge on any atom is 0.252 e. The molecule has 2 rings (SSSR count). The van der Waals surface area contributed by atoms with Crippen LogP contribution in [0.5, 0.6) is 0 Å². The number of halogens is 1. The normalized spacial score (nSPS) is 17.4. The van der Waals surface area contributed by atoms with Crippen LogP contribution in [0.15, 0.2) is 12.3 Å². The van der Waals surface area contributed by atoms with Crippen molar-refractivity contribution in [1.29, 1.82) is 0 Å². The number of nitrogens with one attached hydrogen (secondary N) is 1. The number of likely N-dealkylation sites (tertiary alicyclic amines) is 1. The fraction of sp³-hybridized carbons (Fsp3) is 0.538. The molecule has 0 spiro atoms. The molecule has 19 heavy (non-hydrogen) atoms. The third-order valence-electron chi connectivity index (χ3n) is 3.52. The Morgan fingerprint density at radius 2 is 2.26 bits per heavy atom. The molecule has 104 valence electrons. The van der Waals surface area contributed by atoms with E-state index in [0.717, 1.165) is 25.9 Å². The molecule has 5 nitrogen and oxygen atoms in total. The number of nitrogen functional groups attached to an aromatic ring is 1. The number of piperidine rings is 1. The summed E-state index contributed by atoms with van der Waals surface area (Å²) < 4.78 is 0. The molecule has 1 fully saturated rings. The second kappa shape index (κ2) is 6.21. The monoisotopic (exact) mass is 282 g/mol. The van der Waals surface area contributed by atoms with Crippen molar-refractivity contribution in [2.75, 3.05) is 32.4 Å². The van der Waals surface area contributed by atoms with Crippen molar-refractivity contribution in [3.8, 4) is 0 Å². The number of aromatic nitrogens is 1. The molecule has 1 saturated heterocycles. The first kappa shape index (κ1) is 14.1. The van der Waals surface area contributed by atoms with Crippen LogP contribution >= 0.6 is 11.6 Å². The maximum atomic E-state index is 12.0. The first-order valence-electron chi connectivity index (χ1n) is 6.44. The summed E-state index contributed by atoms with van der Waals surface area (Å²) in [5, 5.41) is 3.25. The van der Waals surface area contributed by atoms with E-state index in [1.54, 1.807) is 6.07 Å². The molecular weight excluding hydrogens is 264 g/mol. The molecular formula is C13H19ClN4O. The van der Waals surface area contributed by atoms with E-state index in [9.17, 15) is 4.79 Å². The first-order valence-corrected chi connectivity index (χ1v) is 6.82. The van der Waals surface area contributed by atoms with Gasteiger partial charge in [-0.1, -0.05) is 11.6 Å². The van der Waals surface area contributed by atoms with Crippen LogP contribution in [0.25, 0.3) is 0 Å². The highest BCUT2D eigenvalue weighted by atomic mass is 35.5. The molecule has 1 aliphatic rings. The van der Waals surface area contributed by atoms with E-state index in [0.29, 0.717) is 23.0 Å². The van der Waals surface area contributed by atoms with Gasteiger partial charge in [-0.15, -0.1) is 0 Å². The van der Waals surface area contributed by atoms with Crippen molar-refractivity contribution in [1.82, 2.24) is 15.2 Å². The fourth-order valence-electron chi connectivity index (χ4n) is 2.18. The number of rotatable bonds is 3. The van der Waals surface area contributed by atoms with Gasteiger partial charge in [0.2, 0.25) is 0 Å². The minimum absolute atomic E-state index is 0.145. The van der Waals surface area contributed by atoms with Gasteiger partial charge in [0.1, 0.15) is 5.82 Å². The van der Waals surface area contributed by atoms with Gasteiger partial charge in [0, 0.05) is 12.7 Å². The predicted octanol–water partition coefficient (Wildman–Crippen LogP) is 1.39. The third kappa shape index (κ3) is 3.81. The number of hydrogen-bond acceptors (Lipinski definition) is 4. The van der Waals surface area contributed by atoms with Gasteiger partial charge < -0.3 is 16.0 Å². The van der Waals surface area contributed by atoms with E-state index < -0.39 is 0 Å². The lowest BCUT2D eigenvalue weighted by Gasteiger charge is -2.28. The lowest BCUT2D eigenvalue weighted by molar-refractivity contribution is 0.0938. The lowest BCUT2D eigenvalue weighted by Crippen LogP contribution is -2.36. The minimum atomic E-state index is -0.145. The Labute approximate surface area is 118 Å². The van der Waals surface area contributed by atoms with Gasteiger partial charge >= 0.3 is 0 Å². The maximum absolute atomic E-state index is 12.0. The van der Waals surface area contributed by atoms with E-state index in [4.69, 9.17) is 17.3 Å². The zero-order valence-corrected chi connectivity index (χ0v) is 11.8. The van der Waals surface area contributed by atoms with E-state index >= 15 is 0 Å². The Hall–Kier alpha value is -1.33. The number of carbonyl (C=O) groups is 1. The summed E-state index contributed by atoms with van der Waals surface area (Å²) in [6.45, 7) is 2.89. The molecule has 0 aliphatic carbocycles. The van der Waals surface area contributed by atoms with Crippen LogP contribution in [0.3, 0.4) is 0 Å². The van der Waals surface area contributed by atoms with Crippen molar-refractivity contribution in [2.24, 2.45) is 5.92 Å². The molecule has 3 N–H and O–H groups in total. The molecule has 1 aliphatic heterocycles. The van der Waals surface area contributed by atoms with E-state index in [1.807, 2.05) is 0 Å². The highest BCUT2D eigenvalue weighted by molar-refractivity contribution is 6.33. The van der Waals surface area contributed by atoms with Crippen molar-refractivity contribution < 1.29 is 4.79 Å². The van der Waals surface area contributed by atoms with Crippen LogP contribution in [0, 0.1) is 5.92 Å². The Morgan fingerprint density at radius 1 is 1.58 bits per heavy atom. The summed E-state index contributed by atoms with van der Waals surface area (Å²) in [5.74, 6) is 0.652.